The van der Waals surface area contributed by atoms with E-state index in [-0.39, 0.29) is 22.2 Å². The highest BCUT2D eigenvalue weighted by atomic mass is 35.5. The maximum Gasteiger partial charge on any atom is 0.341 e. The lowest BCUT2D eigenvalue weighted by molar-refractivity contribution is 0.0458. The highest BCUT2D eigenvalue weighted by molar-refractivity contribution is 7.89. The van der Waals surface area contributed by atoms with E-state index in [1.807, 2.05) is 11.5 Å². The van der Waals surface area contributed by atoms with E-state index in [9.17, 15) is 13.2 Å². The Morgan fingerprint density at radius 2 is 2.04 bits per heavy atom. The Labute approximate surface area is 167 Å². The van der Waals surface area contributed by atoms with Gasteiger partial charge in [-0.2, -0.15) is 0 Å². The molecule has 28 heavy (non-hydrogen) atoms. The second-order valence-electron chi connectivity index (χ2n) is 6.13. The number of sulfonamides is 1. The summed E-state index contributed by atoms with van der Waals surface area (Å²) in [6.07, 6.45) is 1.48. The molecule has 10 heteroatoms. The zero-order valence-corrected chi connectivity index (χ0v) is 17.2. The number of hydrogen-bond donors (Lipinski definition) is 0. The van der Waals surface area contributed by atoms with Gasteiger partial charge in [-0.25, -0.2) is 27.5 Å². The smallest absolute Gasteiger partial charge is 0.341 e. The summed E-state index contributed by atoms with van der Waals surface area (Å²) in [7, 11) is -0.626. The molecule has 3 rings (SSSR count). The molecule has 2 heterocycles. The van der Waals surface area contributed by atoms with Crippen LogP contribution in [0.15, 0.2) is 41.4 Å². The Hall–Kier alpha value is -2.49. The molecule has 0 aliphatic rings. The molecule has 0 saturated heterocycles. The molecular formula is C18H19ClN4O4S. The van der Waals surface area contributed by atoms with Crippen LogP contribution < -0.4 is 0 Å². The van der Waals surface area contributed by atoms with Gasteiger partial charge in [-0.05, 0) is 37.3 Å². The maximum absolute atomic E-state index is 12.3. The third-order valence-electron chi connectivity index (χ3n) is 4.20. The van der Waals surface area contributed by atoms with Crippen LogP contribution in [0.4, 0.5) is 0 Å². The number of imidazole rings is 1. The first-order valence-electron chi connectivity index (χ1n) is 8.45. The molecule has 0 atom stereocenters. The van der Waals surface area contributed by atoms with Crippen LogP contribution in [-0.2, 0) is 27.9 Å². The third kappa shape index (κ3) is 3.73. The Balaban J connectivity index is 1.91. The van der Waals surface area contributed by atoms with Crippen molar-refractivity contribution >= 4 is 38.6 Å². The first-order chi connectivity index (χ1) is 13.3. The Morgan fingerprint density at radius 1 is 1.29 bits per heavy atom. The zero-order valence-electron chi connectivity index (χ0n) is 15.6. The van der Waals surface area contributed by atoms with E-state index in [2.05, 4.69) is 9.97 Å². The van der Waals surface area contributed by atoms with Crippen LogP contribution in [-0.4, -0.2) is 47.3 Å². The van der Waals surface area contributed by atoms with Crippen LogP contribution in [0.1, 0.15) is 23.1 Å². The second-order valence-corrected chi connectivity index (χ2v) is 8.64. The van der Waals surface area contributed by atoms with Gasteiger partial charge in [0.15, 0.2) is 0 Å². The van der Waals surface area contributed by atoms with E-state index >= 15 is 0 Å². The van der Waals surface area contributed by atoms with E-state index in [4.69, 9.17) is 16.3 Å². The molecule has 8 nitrogen and oxygen atoms in total. The minimum atomic E-state index is -3.57. The molecule has 3 aromatic rings. The molecule has 0 radical (unpaired) electrons. The summed E-state index contributed by atoms with van der Waals surface area (Å²) >= 11 is 5.92. The topological polar surface area (TPSA) is 94.4 Å². The van der Waals surface area contributed by atoms with Crippen molar-refractivity contribution in [1.29, 1.82) is 0 Å². The number of rotatable bonds is 6. The Morgan fingerprint density at radius 3 is 2.68 bits per heavy atom. The van der Waals surface area contributed by atoms with Crippen LogP contribution in [0.2, 0.25) is 5.15 Å². The molecule has 1 aromatic carbocycles. The minimum absolute atomic E-state index is 0.0648. The van der Waals surface area contributed by atoms with Gasteiger partial charge >= 0.3 is 5.97 Å². The molecule has 2 aromatic heterocycles. The number of fused-ring (bicyclic) bond motifs is 1. The number of ether oxygens (including phenoxy) is 1. The lowest BCUT2D eigenvalue weighted by Gasteiger charge is -2.11. The monoisotopic (exact) mass is 422 g/mol. The van der Waals surface area contributed by atoms with Gasteiger partial charge in [0.05, 0.1) is 21.5 Å². The Bertz CT molecular complexity index is 1140. The molecule has 0 bridgehead atoms. The number of carbonyl (C=O) groups excluding carboxylic acids is 1. The van der Waals surface area contributed by atoms with Gasteiger partial charge in [-0.3, -0.25) is 0 Å². The van der Waals surface area contributed by atoms with Crippen LogP contribution in [0.3, 0.4) is 0 Å². The SMILES string of the molecule is CCn1c(COC(=O)c2cccnc2Cl)nc2cc(S(=O)(=O)N(C)C)ccc21. The van der Waals surface area contributed by atoms with Gasteiger partial charge in [0, 0.05) is 26.8 Å². The van der Waals surface area contributed by atoms with Gasteiger partial charge in [0.25, 0.3) is 0 Å². The number of halogens is 1. The predicted molar refractivity (Wildman–Crippen MR) is 105 cm³/mol. The third-order valence-corrected chi connectivity index (χ3v) is 6.32. The number of aryl methyl sites for hydroxylation is 1. The number of hydrogen-bond acceptors (Lipinski definition) is 6. The summed E-state index contributed by atoms with van der Waals surface area (Å²) in [6, 6.07) is 7.87. The summed E-state index contributed by atoms with van der Waals surface area (Å²) in [5.74, 6) is -0.103. The normalized spacial score (nSPS) is 11.9. The second kappa shape index (κ2) is 7.86. The highest BCUT2D eigenvalue weighted by Gasteiger charge is 2.20. The summed E-state index contributed by atoms with van der Waals surface area (Å²) in [5.41, 5.74) is 1.43. The molecule has 0 unspecified atom stereocenters. The largest absolute Gasteiger partial charge is 0.454 e. The van der Waals surface area contributed by atoms with Gasteiger partial charge < -0.3 is 9.30 Å². The van der Waals surface area contributed by atoms with E-state index in [1.165, 1.54) is 38.5 Å². The van der Waals surface area contributed by atoms with Crippen molar-refractivity contribution in [2.24, 2.45) is 0 Å². The van der Waals surface area contributed by atoms with Gasteiger partial charge in [-0.1, -0.05) is 11.6 Å². The Kier molecular flexibility index (Phi) is 5.69. The fraction of sp³-hybridized carbons (Fsp3) is 0.278. The molecular weight excluding hydrogens is 404 g/mol. The summed E-state index contributed by atoms with van der Waals surface area (Å²) in [5, 5.41) is 0.0648. The van der Waals surface area contributed by atoms with Crippen LogP contribution in [0, 0.1) is 0 Å². The van der Waals surface area contributed by atoms with E-state index in [1.54, 1.807) is 12.1 Å². The van der Waals surface area contributed by atoms with E-state index in [0.29, 0.717) is 17.9 Å². The fourth-order valence-corrected chi connectivity index (χ4v) is 3.86. The standard InChI is InChI=1S/C18H19ClN4O4S/c1-4-23-15-8-7-12(28(25,26)22(2)3)10-14(15)21-16(23)11-27-18(24)13-6-5-9-20-17(13)19/h5-10H,4,11H2,1-3H3. The molecule has 0 fully saturated rings. The van der Waals surface area contributed by atoms with Gasteiger partial charge in [0.2, 0.25) is 10.0 Å². The first-order valence-corrected chi connectivity index (χ1v) is 10.3. The predicted octanol–water partition coefficient (Wildman–Crippen LogP) is 2.71. The summed E-state index contributed by atoms with van der Waals surface area (Å²) in [6.45, 7) is 2.42. The molecule has 0 spiro atoms. The van der Waals surface area contributed by atoms with Crippen molar-refractivity contribution in [2.45, 2.75) is 25.0 Å². The number of aromatic nitrogens is 3. The van der Waals surface area contributed by atoms with Crippen molar-refractivity contribution < 1.29 is 17.9 Å². The van der Waals surface area contributed by atoms with Crippen molar-refractivity contribution in [1.82, 2.24) is 18.8 Å². The van der Waals surface area contributed by atoms with E-state index in [0.717, 1.165) is 9.82 Å². The average Bonchev–Trinajstić information content (AvgIpc) is 3.02. The molecule has 148 valence electrons. The highest BCUT2D eigenvalue weighted by Crippen LogP contribution is 2.23. The molecule has 0 saturated carbocycles. The van der Waals surface area contributed by atoms with Crippen molar-refractivity contribution in [2.75, 3.05) is 14.1 Å². The first kappa shape index (κ1) is 20.2. The van der Waals surface area contributed by atoms with Crippen LogP contribution >= 0.6 is 11.6 Å². The van der Waals surface area contributed by atoms with Crippen molar-refractivity contribution in [3.63, 3.8) is 0 Å². The summed E-state index contributed by atoms with van der Waals surface area (Å²) in [4.78, 5) is 20.7. The van der Waals surface area contributed by atoms with Gasteiger partial charge in [0.1, 0.15) is 17.6 Å². The lowest BCUT2D eigenvalue weighted by Crippen LogP contribution is -2.22. The van der Waals surface area contributed by atoms with Crippen LogP contribution in [0.5, 0.6) is 0 Å². The number of esters is 1. The van der Waals surface area contributed by atoms with Gasteiger partial charge in [-0.15, -0.1) is 0 Å². The van der Waals surface area contributed by atoms with Crippen molar-refractivity contribution in [3.8, 4) is 0 Å². The molecule has 0 aliphatic heterocycles. The molecule has 0 amide bonds. The quantitative estimate of drug-likeness (QED) is 0.447. The number of benzene rings is 1. The fourth-order valence-electron chi connectivity index (χ4n) is 2.74. The van der Waals surface area contributed by atoms with E-state index < -0.39 is 16.0 Å². The minimum Gasteiger partial charge on any atom is -0.454 e. The maximum atomic E-state index is 12.3. The number of pyridine rings is 1. The number of carbonyl (C=O) groups is 1. The summed E-state index contributed by atoms with van der Waals surface area (Å²) < 4.78 is 33.0. The van der Waals surface area contributed by atoms with Crippen LogP contribution in [0.25, 0.3) is 11.0 Å². The molecule has 0 N–H and O–H groups in total. The lowest BCUT2D eigenvalue weighted by atomic mass is 10.3. The van der Waals surface area contributed by atoms with Crippen molar-refractivity contribution in [3.05, 3.63) is 53.1 Å². The molecule has 0 aliphatic carbocycles. The zero-order chi connectivity index (χ0) is 20.5. The average molecular weight is 423 g/mol. The number of nitrogens with zero attached hydrogens (tertiary/aromatic N) is 4.